The highest BCUT2D eigenvalue weighted by Crippen LogP contribution is 2.43. The quantitative estimate of drug-likeness (QED) is 0.629. The van der Waals surface area contributed by atoms with Gasteiger partial charge in [-0.3, -0.25) is 25.0 Å². The fraction of sp³-hybridized carbons (Fsp3) is 0.500. The van der Waals surface area contributed by atoms with Crippen molar-refractivity contribution in [3.05, 3.63) is 50.1 Å². The van der Waals surface area contributed by atoms with Crippen molar-refractivity contribution in [2.75, 3.05) is 0 Å². The maximum Gasteiger partial charge on any atom is 0.269 e. The van der Waals surface area contributed by atoms with Gasteiger partial charge in [-0.25, -0.2) is 0 Å². The first kappa shape index (κ1) is 15.1. The number of rotatable bonds is 3. The number of ketones is 1. The Kier molecular flexibility index (Phi) is 3.76. The second-order valence-electron chi connectivity index (χ2n) is 6.09. The molecule has 7 nitrogen and oxygen atoms in total. The second kappa shape index (κ2) is 5.23. The van der Waals surface area contributed by atoms with Gasteiger partial charge in [-0.1, -0.05) is 26.0 Å². The first-order valence-electron chi connectivity index (χ1n) is 6.62. The van der Waals surface area contributed by atoms with Gasteiger partial charge in [-0.15, -0.1) is 0 Å². The van der Waals surface area contributed by atoms with Crippen LogP contribution in [0, 0.1) is 25.6 Å². The third-order valence-corrected chi connectivity index (χ3v) is 4.04. The summed E-state index contributed by atoms with van der Waals surface area (Å²) in [7, 11) is 0. The minimum atomic E-state index is -0.878. The Labute approximate surface area is 121 Å². The first-order valence-corrected chi connectivity index (χ1v) is 6.62. The number of nitro groups is 2. The Morgan fingerprint density at radius 3 is 2.19 bits per heavy atom. The van der Waals surface area contributed by atoms with Gasteiger partial charge in [-0.05, 0) is 5.56 Å². The lowest BCUT2D eigenvalue weighted by atomic mass is 9.66. The third kappa shape index (κ3) is 2.91. The van der Waals surface area contributed by atoms with E-state index in [9.17, 15) is 25.0 Å². The number of Topliss-reactive ketones (excluding diaryl/α,β-unsaturated/α-hetero) is 1. The van der Waals surface area contributed by atoms with Gasteiger partial charge >= 0.3 is 0 Å². The van der Waals surface area contributed by atoms with Crippen LogP contribution in [0.5, 0.6) is 0 Å². The molecule has 1 aromatic rings. The molecule has 0 radical (unpaired) electrons. The van der Waals surface area contributed by atoms with Gasteiger partial charge in [0.2, 0.25) is 6.04 Å². The Balaban J connectivity index is 2.40. The number of benzene rings is 1. The number of non-ortho nitro benzene ring substituents is 1. The van der Waals surface area contributed by atoms with Gasteiger partial charge in [0.05, 0.1) is 10.8 Å². The lowest BCUT2D eigenvalue weighted by Crippen LogP contribution is -2.47. The predicted octanol–water partition coefficient (Wildman–Crippen LogP) is 2.71. The molecule has 2 atom stereocenters. The largest absolute Gasteiger partial charge is 0.300 e. The molecule has 2 rings (SSSR count). The molecule has 112 valence electrons. The molecule has 0 aromatic heterocycles. The van der Waals surface area contributed by atoms with E-state index in [0.717, 1.165) is 0 Å². The Bertz CT molecular complexity index is 594. The summed E-state index contributed by atoms with van der Waals surface area (Å²) < 4.78 is 0. The molecule has 0 heterocycles. The number of nitrogens with zero attached hydrogens (tertiary/aromatic N) is 2. The number of carbonyl (C=O) groups is 1. The summed E-state index contributed by atoms with van der Waals surface area (Å²) in [5, 5.41) is 22.1. The van der Waals surface area contributed by atoms with Crippen LogP contribution in [0.3, 0.4) is 0 Å². The van der Waals surface area contributed by atoms with E-state index < -0.39 is 22.3 Å². The standard InChI is InChI=1S/C14H16N2O5/c1-14(2)8-11(17)7-12(13(14)16(20)21)9-3-5-10(6-4-9)15(18)19/h3-6,12-13H,7-8H2,1-2H3/t12-,13+/m0/s1. The number of carbonyl (C=O) groups excluding carboxylic acids is 1. The molecule has 1 fully saturated rings. The van der Waals surface area contributed by atoms with Crippen molar-refractivity contribution in [3.8, 4) is 0 Å². The molecular weight excluding hydrogens is 276 g/mol. The summed E-state index contributed by atoms with van der Waals surface area (Å²) in [4.78, 5) is 33.1. The number of hydrogen-bond donors (Lipinski definition) is 0. The zero-order chi connectivity index (χ0) is 15.8. The maximum atomic E-state index is 11.9. The maximum absolute atomic E-state index is 11.9. The predicted molar refractivity (Wildman–Crippen MR) is 74.6 cm³/mol. The van der Waals surface area contributed by atoms with Crippen LogP contribution in [0.2, 0.25) is 0 Å². The van der Waals surface area contributed by atoms with E-state index in [0.29, 0.717) is 5.56 Å². The highest BCUT2D eigenvalue weighted by molar-refractivity contribution is 5.81. The zero-order valence-corrected chi connectivity index (χ0v) is 11.8. The molecule has 1 aromatic carbocycles. The van der Waals surface area contributed by atoms with Crippen molar-refractivity contribution in [3.63, 3.8) is 0 Å². The summed E-state index contributed by atoms with van der Waals surface area (Å²) >= 11 is 0. The van der Waals surface area contributed by atoms with Crippen molar-refractivity contribution in [1.82, 2.24) is 0 Å². The molecule has 7 heteroatoms. The fourth-order valence-corrected chi connectivity index (χ4v) is 3.16. The molecule has 0 unspecified atom stereocenters. The number of hydrogen-bond acceptors (Lipinski definition) is 5. The summed E-state index contributed by atoms with van der Waals surface area (Å²) in [5.41, 5.74) is -0.202. The van der Waals surface area contributed by atoms with Crippen LogP contribution in [0.1, 0.15) is 38.2 Å². The van der Waals surface area contributed by atoms with E-state index in [1.54, 1.807) is 13.8 Å². The number of nitro benzene ring substituents is 1. The van der Waals surface area contributed by atoms with E-state index >= 15 is 0 Å². The highest BCUT2D eigenvalue weighted by Gasteiger charge is 2.50. The molecular formula is C14H16N2O5. The van der Waals surface area contributed by atoms with Crippen LogP contribution in [0.25, 0.3) is 0 Å². The Hall–Kier alpha value is -2.31. The minimum Gasteiger partial charge on any atom is -0.300 e. The molecule has 0 N–H and O–H groups in total. The molecule has 1 saturated carbocycles. The highest BCUT2D eigenvalue weighted by atomic mass is 16.6. The van der Waals surface area contributed by atoms with Gasteiger partial charge in [0.25, 0.3) is 5.69 Å². The lowest BCUT2D eigenvalue weighted by molar-refractivity contribution is -0.546. The van der Waals surface area contributed by atoms with E-state index in [2.05, 4.69) is 0 Å². The van der Waals surface area contributed by atoms with Gasteiger partial charge < -0.3 is 0 Å². The Morgan fingerprint density at radius 2 is 1.71 bits per heavy atom. The second-order valence-corrected chi connectivity index (χ2v) is 6.09. The van der Waals surface area contributed by atoms with Crippen LogP contribution in [-0.4, -0.2) is 21.7 Å². The summed E-state index contributed by atoms with van der Waals surface area (Å²) in [5.74, 6) is -0.557. The topological polar surface area (TPSA) is 103 Å². The molecule has 0 bridgehead atoms. The van der Waals surface area contributed by atoms with Crippen molar-refractivity contribution in [1.29, 1.82) is 0 Å². The van der Waals surface area contributed by atoms with Crippen molar-refractivity contribution in [2.24, 2.45) is 5.41 Å². The Morgan fingerprint density at radius 1 is 1.14 bits per heavy atom. The van der Waals surface area contributed by atoms with Crippen molar-refractivity contribution in [2.45, 2.75) is 38.6 Å². The molecule has 0 saturated heterocycles. The summed E-state index contributed by atoms with van der Waals surface area (Å²) in [6.45, 7) is 3.44. The third-order valence-electron chi connectivity index (χ3n) is 4.04. The van der Waals surface area contributed by atoms with E-state index in [1.807, 2.05) is 0 Å². The van der Waals surface area contributed by atoms with Crippen LogP contribution in [0.15, 0.2) is 24.3 Å². The molecule has 21 heavy (non-hydrogen) atoms. The van der Waals surface area contributed by atoms with Crippen LogP contribution < -0.4 is 0 Å². The van der Waals surface area contributed by atoms with Crippen molar-refractivity contribution >= 4 is 11.5 Å². The van der Waals surface area contributed by atoms with Gasteiger partial charge in [0, 0.05) is 35.3 Å². The fourth-order valence-electron chi connectivity index (χ4n) is 3.16. The molecule has 0 amide bonds. The summed E-state index contributed by atoms with van der Waals surface area (Å²) in [6, 6.07) is 4.77. The monoisotopic (exact) mass is 292 g/mol. The van der Waals surface area contributed by atoms with Crippen LogP contribution in [0.4, 0.5) is 5.69 Å². The molecule has 0 spiro atoms. The molecule has 0 aliphatic heterocycles. The van der Waals surface area contributed by atoms with E-state index in [1.165, 1.54) is 24.3 Å². The SMILES string of the molecule is CC1(C)CC(=O)C[C@@H](c2ccc([N+](=O)[O-])cc2)[C@H]1[N+](=O)[O-]. The first-order chi connectivity index (χ1) is 9.72. The normalized spacial score (nSPS) is 24.6. The van der Waals surface area contributed by atoms with Crippen molar-refractivity contribution < 1.29 is 14.6 Å². The van der Waals surface area contributed by atoms with Gasteiger partial charge in [-0.2, -0.15) is 0 Å². The molecule has 1 aliphatic carbocycles. The zero-order valence-electron chi connectivity index (χ0n) is 11.8. The minimum absolute atomic E-state index is 0.0125. The summed E-state index contributed by atoms with van der Waals surface area (Å²) in [6.07, 6.45) is 0.287. The van der Waals surface area contributed by atoms with E-state index in [-0.39, 0.29) is 29.2 Å². The van der Waals surface area contributed by atoms with Crippen LogP contribution in [-0.2, 0) is 4.79 Å². The smallest absolute Gasteiger partial charge is 0.269 e. The average Bonchev–Trinajstić information content (AvgIpc) is 2.35. The lowest BCUT2D eigenvalue weighted by Gasteiger charge is -2.37. The molecule has 1 aliphatic rings. The van der Waals surface area contributed by atoms with Gasteiger partial charge in [0.15, 0.2) is 0 Å². The van der Waals surface area contributed by atoms with Gasteiger partial charge in [0.1, 0.15) is 5.78 Å². The van der Waals surface area contributed by atoms with E-state index in [4.69, 9.17) is 0 Å². The average molecular weight is 292 g/mol. The van der Waals surface area contributed by atoms with Crippen LogP contribution >= 0.6 is 0 Å².